The maximum absolute atomic E-state index is 10.8. The summed E-state index contributed by atoms with van der Waals surface area (Å²) in [6, 6.07) is 0.0693. The van der Waals surface area contributed by atoms with E-state index in [1.165, 1.54) is 6.39 Å². The van der Waals surface area contributed by atoms with Gasteiger partial charge in [-0.15, -0.1) is 0 Å². The third-order valence-corrected chi connectivity index (χ3v) is 3.24. The molecule has 5 heteroatoms. The zero-order chi connectivity index (χ0) is 9.71. The SMILES string of the molecule is O=C(O)C1C2CNC(c3cocn3)C21. The number of carboxylic acid groups (broad SMARTS) is 1. The summed E-state index contributed by atoms with van der Waals surface area (Å²) < 4.78 is 4.89. The highest BCUT2D eigenvalue weighted by atomic mass is 16.4. The lowest BCUT2D eigenvalue weighted by atomic mass is 10.1. The monoisotopic (exact) mass is 194 g/mol. The first-order valence-electron chi connectivity index (χ1n) is 4.63. The molecule has 2 N–H and O–H groups in total. The molecule has 14 heavy (non-hydrogen) atoms. The molecule has 1 aliphatic heterocycles. The molecule has 1 aliphatic carbocycles. The number of nitrogens with one attached hydrogen (secondary N) is 1. The fourth-order valence-corrected chi connectivity index (χ4v) is 2.54. The molecule has 1 saturated heterocycles. The molecule has 0 spiro atoms. The molecule has 4 atom stereocenters. The Morgan fingerprint density at radius 2 is 2.57 bits per heavy atom. The molecule has 3 rings (SSSR count). The second kappa shape index (κ2) is 2.57. The maximum Gasteiger partial charge on any atom is 0.307 e. The summed E-state index contributed by atoms with van der Waals surface area (Å²) in [5.74, 6) is -0.375. The molecule has 1 aromatic rings. The van der Waals surface area contributed by atoms with Gasteiger partial charge in [0.15, 0.2) is 6.39 Å². The molecule has 0 radical (unpaired) electrons. The van der Waals surface area contributed by atoms with Crippen molar-refractivity contribution in [3.8, 4) is 0 Å². The van der Waals surface area contributed by atoms with Gasteiger partial charge in [0, 0.05) is 0 Å². The predicted molar refractivity (Wildman–Crippen MR) is 45.4 cm³/mol. The largest absolute Gasteiger partial charge is 0.481 e. The van der Waals surface area contributed by atoms with Crippen molar-refractivity contribution in [3.63, 3.8) is 0 Å². The summed E-state index contributed by atoms with van der Waals surface area (Å²) in [5, 5.41) is 12.2. The topological polar surface area (TPSA) is 75.4 Å². The molecule has 1 saturated carbocycles. The minimum atomic E-state index is -0.685. The van der Waals surface area contributed by atoms with Gasteiger partial charge >= 0.3 is 5.97 Å². The Balaban J connectivity index is 1.82. The summed E-state index contributed by atoms with van der Waals surface area (Å²) >= 11 is 0. The Morgan fingerprint density at radius 3 is 3.14 bits per heavy atom. The number of rotatable bonds is 2. The second-order valence-electron chi connectivity index (χ2n) is 3.90. The summed E-state index contributed by atoms with van der Waals surface area (Å²) in [4.78, 5) is 14.9. The summed E-state index contributed by atoms with van der Waals surface area (Å²) in [6.07, 6.45) is 2.96. The molecule has 2 aliphatic rings. The van der Waals surface area contributed by atoms with Crippen LogP contribution in [0.25, 0.3) is 0 Å². The number of aliphatic carboxylic acids is 1. The lowest BCUT2D eigenvalue weighted by Crippen LogP contribution is -2.23. The van der Waals surface area contributed by atoms with E-state index in [0.29, 0.717) is 0 Å². The molecule has 74 valence electrons. The van der Waals surface area contributed by atoms with Crippen LogP contribution in [-0.4, -0.2) is 22.6 Å². The van der Waals surface area contributed by atoms with Gasteiger partial charge in [-0.3, -0.25) is 4.79 Å². The fraction of sp³-hybridized carbons (Fsp3) is 0.556. The van der Waals surface area contributed by atoms with Crippen LogP contribution in [0.15, 0.2) is 17.1 Å². The van der Waals surface area contributed by atoms with Crippen LogP contribution in [0, 0.1) is 17.8 Å². The molecule has 0 aromatic carbocycles. The fourth-order valence-electron chi connectivity index (χ4n) is 2.54. The quantitative estimate of drug-likeness (QED) is 0.706. The van der Waals surface area contributed by atoms with Gasteiger partial charge in [-0.25, -0.2) is 4.98 Å². The van der Waals surface area contributed by atoms with Gasteiger partial charge in [0.2, 0.25) is 0 Å². The molecular formula is C9H10N2O3. The molecule has 5 nitrogen and oxygen atoms in total. The Morgan fingerprint density at radius 1 is 1.71 bits per heavy atom. The van der Waals surface area contributed by atoms with Crippen molar-refractivity contribution in [1.29, 1.82) is 0 Å². The zero-order valence-corrected chi connectivity index (χ0v) is 7.38. The van der Waals surface area contributed by atoms with E-state index >= 15 is 0 Å². The van der Waals surface area contributed by atoms with Gasteiger partial charge in [0.05, 0.1) is 17.7 Å². The molecular weight excluding hydrogens is 184 g/mol. The summed E-state index contributed by atoms with van der Waals surface area (Å²) in [7, 11) is 0. The van der Waals surface area contributed by atoms with Crippen LogP contribution in [-0.2, 0) is 4.79 Å². The van der Waals surface area contributed by atoms with Crippen molar-refractivity contribution in [1.82, 2.24) is 10.3 Å². The average Bonchev–Trinajstić information content (AvgIpc) is 2.57. The van der Waals surface area contributed by atoms with E-state index in [-0.39, 0.29) is 23.8 Å². The van der Waals surface area contributed by atoms with Gasteiger partial charge in [0.1, 0.15) is 6.26 Å². The molecule has 0 bridgehead atoms. The van der Waals surface area contributed by atoms with E-state index in [1.807, 2.05) is 0 Å². The van der Waals surface area contributed by atoms with Crippen LogP contribution in [0.2, 0.25) is 0 Å². The predicted octanol–water partition coefficient (Wildman–Crippen LogP) is 0.266. The van der Waals surface area contributed by atoms with Gasteiger partial charge in [-0.2, -0.15) is 0 Å². The number of hydrogen-bond acceptors (Lipinski definition) is 4. The number of fused-ring (bicyclic) bond motifs is 1. The average molecular weight is 194 g/mol. The van der Waals surface area contributed by atoms with Crippen molar-refractivity contribution >= 4 is 5.97 Å². The standard InChI is InChI=1S/C9H10N2O3/c12-9(13)7-4-1-10-8(6(4)7)5-2-14-3-11-5/h2-4,6-8,10H,1H2,(H,12,13). The van der Waals surface area contributed by atoms with E-state index in [1.54, 1.807) is 6.26 Å². The summed E-state index contributed by atoms with van der Waals surface area (Å²) in [6.45, 7) is 0.777. The molecule has 2 heterocycles. The first-order chi connectivity index (χ1) is 6.79. The number of hydrogen-bond donors (Lipinski definition) is 2. The number of oxazole rings is 1. The number of piperidine rings is 1. The number of aromatic nitrogens is 1. The zero-order valence-electron chi connectivity index (χ0n) is 7.38. The van der Waals surface area contributed by atoms with Crippen LogP contribution in [0.4, 0.5) is 0 Å². The van der Waals surface area contributed by atoms with E-state index in [2.05, 4.69) is 10.3 Å². The van der Waals surface area contributed by atoms with Crippen LogP contribution >= 0.6 is 0 Å². The van der Waals surface area contributed by atoms with Crippen molar-refractivity contribution in [2.24, 2.45) is 17.8 Å². The van der Waals surface area contributed by atoms with E-state index < -0.39 is 5.97 Å². The number of nitrogens with zero attached hydrogens (tertiary/aromatic N) is 1. The van der Waals surface area contributed by atoms with Crippen LogP contribution in [0.5, 0.6) is 0 Å². The van der Waals surface area contributed by atoms with Crippen molar-refractivity contribution in [2.45, 2.75) is 6.04 Å². The lowest BCUT2D eigenvalue weighted by molar-refractivity contribution is -0.139. The number of carboxylic acids is 1. The van der Waals surface area contributed by atoms with E-state index in [4.69, 9.17) is 9.52 Å². The van der Waals surface area contributed by atoms with Gasteiger partial charge in [0.25, 0.3) is 0 Å². The van der Waals surface area contributed by atoms with Crippen molar-refractivity contribution < 1.29 is 14.3 Å². The Hall–Kier alpha value is -1.36. The minimum absolute atomic E-state index is 0.0693. The first-order valence-corrected chi connectivity index (χ1v) is 4.63. The summed E-state index contributed by atoms with van der Waals surface area (Å²) in [5.41, 5.74) is 0.821. The van der Waals surface area contributed by atoms with Crippen LogP contribution < -0.4 is 5.32 Å². The Bertz CT molecular complexity index is 362. The van der Waals surface area contributed by atoms with Crippen LogP contribution in [0.3, 0.4) is 0 Å². The van der Waals surface area contributed by atoms with Crippen molar-refractivity contribution in [2.75, 3.05) is 6.54 Å². The van der Waals surface area contributed by atoms with Crippen LogP contribution in [0.1, 0.15) is 11.7 Å². The van der Waals surface area contributed by atoms with E-state index in [9.17, 15) is 4.79 Å². The van der Waals surface area contributed by atoms with Crippen molar-refractivity contribution in [3.05, 3.63) is 18.4 Å². The van der Waals surface area contributed by atoms with Gasteiger partial charge < -0.3 is 14.8 Å². The lowest BCUT2D eigenvalue weighted by Gasteiger charge is -2.10. The second-order valence-corrected chi connectivity index (χ2v) is 3.90. The molecule has 1 aromatic heterocycles. The first kappa shape index (κ1) is 7.99. The Labute approximate surface area is 80.1 Å². The van der Waals surface area contributed by atoms with Gasteiger partial charge in [-0.05, 0) is 18.4 Å². The van der Waals surface area contributed by atoms with Gasteiger partial charge in [-0.1, -0.05) is 0 Å². The highest BCUT2D eigenvalue weighted by molar-refractivity contribution is 5.75. The third-order valence-electron chi connectivity index (χ3n) is 3.24. The normalized spacial score (nSPS) is 39.4. The molecule has 4 unspecified atom stereocenters. The highest BCUT2D eigenvalue weighted by Gasteiger charge is 2.62. The maximum atomic E-state index is 10.8. The highest BCUT2D eigenvalue weighted by Crippen LogP contribution is 2.56. The Kier molecular flexibility index (Phi) is 1.47. The molecule has 0 amide bonds. The third kappa shape index (κ3) is 0.928. The minimum Gasteiger partial charge on any atom is -0.481 e. The number of carbonyl (C=O) groups is 1. The van der Waals surface area contributed by atoms with E-state index in [0.717, 1.165) is 12.2 Å². The molecule has 2 fully saturated rings. The smallest absolute Gasteiger partial charge is 0.307 e.